The molecule has 0 spiro atoms. The minimum Gasteiger partial charge on any atom is -0.379 e. The maximum absolute atomic E-state index is 5.62. The van der Waals surface area contributed by atoms with Gasteiger partial charge in [0.25, 0.3) is 0 Å². The first kappa shape index (κ1) is 16.8. The zero-order valence-electron chi connectivity index (χ0n) is 13.8. The number of aliphatic imine (C=N–C) groups is 1. The Morgan fingerprint density at radius 3 is 2.77 bits per heavy atom. The Hall–Kier alpha value is -1.55. The number of hydrogen-bond acceptors (Lipinski definition) is 2. The van der Waals surface area contributed by atoms with Gasteiger partial charge in [0.05, 0.1) is 6.61 Å². The number of nitrogens with one attached hydrogen (secondary N) is 2. The van der Waals surface area contributed by atoms with Gasteiger partial charge in [-0.1, -0.05) is 30.3 Å². The van der Waals surface area contributed by atoms with E-state index < -0.39 is 0 Å². The molecule has 1 atom stereocenters. The Kier molecular flexibility index (Phi) is 7.23. The topological polar surface area (TPSA) is 45.7 Å². The summed E-state index contributed by atoms with van der Waals surface area (Å²) in [6.45, 7) is 4.66. The van der Waals surface area contributed by atoms with Crippen LogP contribution < -0.4 is 10.6 Å². The van der Waals surface area contributed by atoms with Gasteiger partial charge in [0.1, 0.15) is 0 Å². The van der Waals surface area contributed by atoms with Crippen molar-refractivity contribution in [3.05, 3.63) is 35.9 Å². The SMILES string of the molecule is CN=C(NCCOCC1CC1)NC(C)CCc1ccccc1. The summed E-state index contributed by atoms with van der Waals surface area (Å²) in [7, 11) is 1.81. The minimum absolute atomic E-state index is 0.388. The van der Waals surface area contributed by atoms with E-state index in [-0.39, 0.29) is 0 Å². The third-order valence-corrected chi connectivity index (χ3v) is 3.90. The number of rotatable bonds is 9. The van der Waals surface area contributed by atoms with Crippen LogP contribution in [0, 0.1) is 5.92 Å². The molecule has 4 nitrogen and oxygen atoms in total. The first-order chi connectivity index (χ1) is 10.8. The van der Waals surface area contributed by atoms with Crippen molar-refractivity contribution in [3.8, 4) is 0 Å². The summed E-state index contributed by atoms with van der Waals surface area (Å²) in [5.74, 6) is 1.69. The van der Waals surface area contributed by atoms with Crippen LogP contribution in [0.15, 0.2) is 35.3 Å². The van der Waals surface area contributed by atoms with Crippen LogP contribution >= 0.6 is 0 Å². The summed E-state index contributed by atoms with van der Waals surface area (Å²) >= 11 is 0. The Morgan fingerprint density at radius 2 is 2.09 bits per heavy atom. The van der Waals surface area contributed by atoms with Crippen LogP contribution in [-0.4, -0.2) is 38.8 Å². The molecular formula is C18H29N3O. The number of aryl methyl sites for hydroxylation is 1. The highest BCUT2D eigenvalue weighted by Gasteiger charge is 2.20. The van der Waals surface area contributed by atoms with Gasteiger partial charge in [-0.05, 0) is 44.1 Å². The van der Waals surface area contributed by atoms with Crippen molar-refractivity contribution in [3.63, 3.8) is 0 Å². The zero-order valence-corrected chi connectivity index (χ0v) is 13.8. The van der Waals surface area contributed by atoms with Crippen LogP contribution in [0.3, 0.4) is 0 Å². The average Bonchev–Trinajstić information content (AvgIpc) is 3.36. The maximum atomic E-state index is 5.62. The lowest BCUT2D eigenvalue weighted by Crippen LogP contribution is -2.43. The molecule has 0 radical (unpaired) electrons. The van der Waals surface area contributed by atoms with E-state index in [0.29, 0.717) is 6.04 Å². The fourth-order valence-corrected chi connectivity index (χ4v) is 2.30. The van der Waals surface area contributed by atoms with E-state index in [1.54, 1.807) is 0 Å². The summed E-state index contributed by atoms with van der Waals surface area (Å²) in [6, 6.07) is 11.0. The second-order valence-electron chi connectivity index (χ2n) is 6.09. The Morgan fingerprint density at radius 1 is 1.32 bits per heavy atom. The highest BCUT2D eigenvalue weighted by atomic mass is 16.5. The highest BCUT2D eigenvalue weighted by molar-refractivity contribution is 5.79. The molecule has 0 heterocycles. The van der Waals surface area contributed by atoms with Gasteiger partial charge in [-0.15, -0.1) is 0 Å². The number of nitrogens with zero attached hydrogens (tertiary/aromatic N) is 1. The summed E-state index contributed by atoms with van der Waals surface area (Å²) in [4.78, 5) is 4.27. The number of guanidine groups is 1. The van der Waals surface area contributed by atoms with Gasteiger partial charge < -0.3 is 15.4 Å². The first-order valence-corrected chi connectivity index (χ1v) is 8.36. The van der Waals surface area contributed by atoms with Crippen molar-refractivity contribution in [1.29, 1.82) is 0 Å². The molecule has 122 valence electrons. The molecule has 1 saturated carbocycles. The molecule has 0 aromatic heterocycles. The monoisotopic (exact) mass is 303 g/mol. The van der Waals surface area contributed by atoms with Crippen LogP contribution in [0.5, 0.6) is 0 Å². The summed E-state index contributed by atoms with van der Waals surface area (Å²) in [5.41, 5.74) is 1.38. The van der Waals surface area contributed by atoms with Gasteiger partial charge in [-0.3, -0.25) is 4.99 Å². The van der Waals surface area contributed by atoms with Gasteiger partial charge >= 0.3 is 0 Å². The average molecular weight is 303 g/mol. The maximum Gasteiger partial charge on any atom is 0.191 e. The second-order valence-corrected chi connectivity index (χ2v) is 6.09. The van der Waals surface area contributed by atoms with Gasteiger partial charge in [-0.25, -0.2) is 0 Å². The number of hydrogen-bond donors (Lipinski definition) is 2. The fraction of sp³-hybridized carbons (Fsp3) is 0.611. The van der Waals surface area contributed by atoms with E-state index in [4.69, 9.17) is 4.74 Å². The lowest BCUT2D eigenvalue weighted by Gasteiger charge is -2.18. The largest absolute Gasteiger partial charge is 0.379 e. The van der Waals surface area contributed by atoms with Crippen LogP contribution in [-0.2, 0) is 11.2 Å². The van der Waals surface area contributed by atoms with E-state index >= 15 is 0 Å². The Balaban J connectivity index is 1.57. The molecule has 1 fully saturated rings. The second kappa shape index (κ2) is 9.46. The Bertz CT molecular complexity index is 443. The summed E-state index contributed by atoms with van der Waals surface area (Å²) < 4.78 is 5.62. The van der Waals surface area contributed by atoms with E-state index in [1.165, 1.54) is 18.4 Å². The quantitative estimate of drug-likeness (QED) is 0.419. The molecule has 0 bridgehead atoms. The lowest BCUT2D eigenvalue weighted by atomic mass is 10.1. The van der Waals surface area contributed by atoms with Crippen LogP contribution in [0.25, 0.3) is 0 Å². The predicted octanol–water partition coefficient (Wildman–Crippen LogP) is 2.60. The van der Waals surface area contributed by atoms with Crippen LogP contribution in [0.2, 0.25) is 0 Å². The third kappa shape index (κ3) is 6.94. The minimum atomic E-state index is 0.388. The van der Waals surface area contributed by atoms with Crippen molar-refractivity contribution < 1.29 is 4.74 Å². The van der Waals surface area contributed by atoms with Gasteiger partial charge in [0, 0.05) is 26.2 Å². The van der Waals surface area contributed by atoms with E-state index in [2.05, 4.69) is 52.9 Å². The number of benzene rings is 1. The van der Waals surface area contributed by atoms with Gasteiger partial charge in [0.2, 0.25) is 0 Å². The van der Waals surface area contributed by atoms with E-state index in [1.807, 2.05) is 7.05 Å². The van der Waals surface area contributed by atoms with Crippen LogP contribution in [0.1, 0.15) is 31.7 Å². The molecule has 2 rings (SSSR count). The van der Waals surface area contributed by atoms with E-state index in [0.717, 1.165) is 44.5 Å². The van der Waals surface area contributed by atoms with E-state index in [9.17, 15) is 0 Å². The molecule has 1 aromatic carbocycles. The fourth-order valence-electron chi connectivity index (χ4n) is 2.30. The van der Waals surface area contributed by atoms with Gasteiger partial charge in [0.15, 0.2) is 5.96 Å². The molecule has 22 heavy (non-hydrogen) atoms. The van der Waals surface area contributed by atoms with Crippen molar-refractivity contribution in [1.82, 2.24) is 10.6 Å². The molecule has 1 aliphatic rings. The van der Waals surface area contributed by atoms with Crippen molar-refractivity contribution in [2.75, 3.05) is 26.8 Å². The summed E-state index contributed by atoms with van der Waals surface area (Å²) in [6.07, 6.45) is 4.85. The summed E-state index contributed by atoms with van der Waals surface area (Å²) in [5, 5.41) is 6.74. The van der Waals surface area contributed by atoms with Crippen molar-refractivity contribution >= 4 is 5.96 Å². The third-order valence-electron chi connectivity index (χ3n) is 3.90. The smallest absolute Gasteiger partial charge is 0.191 e. The predicted molar refractivity (Wildman–Crippen MR) is 92.3 cm³/mol. The molecule has 0 aliphatic heterocycles. The zero-order chi connectivity index (χ0) is 15.6. The Labute approximate surface area is 134 Å². The van der Waals surface area contributed by atoms with Crippen LogP contribution in [0.4, 0.5) is 0 Å². The molecule has 0 amide bonds. The normalized spacial score (nSPS) is 16.4. The lowest BCUT2D eigenvalue weighted by molar-refractivity contribution is 0.129. The number of ether oxygens (including phenoxy) is 1. The molecule has 1 aromatic rings. The highest BCUT2D eigenvalue weighted by Crippen LogP contribution is 2.28. The molecule has 1 unspecified atom stereocenters. The molecule has 4 heteroatoms. The van der Waals surface area contributed by atoms with Gasteiger partial charge in [-0.2, -0.15) is 0 Å². The first-order valence-electron chi connectivity index (χ1n) is 8.36. The molecule has 2 N–H and O–H groups in total. The molecular weight excluding hydrogens is 274 g/mol. The molecule has 0 saturated heterocycles. The molecule has 1 aliphatic carbocycles. The standard InChI is InChI=1S/C18H29N3O/c1-15(8-9-16-6-4-3-5-7-16)21-18(19-2)20-12-13-22-14-17-10-11-17/h3-7,15,17H,8-14H2,1-2H3,(H2,19,20,21). The van der Waals surface area contributed by atoms with Crippen molar-refractivity contribution in [2.24, 2.45) is 10.9 Å². The van der Waals surface area contributed by atoms with Crippen molar-refractivity contribution in [2.45, 2.75) is 38.6 Å².